The third kappa shape index (κ3) is 1.80. The van der Waals surface area contributed by atoms with Crippen LogP contribution < -0.4 is 5.43 Å². The molecule has 0 radical (unpaired) electrons. The van der Waals surface area contributed by atoms with Crippen LogP contribution in [0.2, 0.25) is 5.15 Å². The molecule has 0 saturated carbocycles. The summed E-state index contributed by atoms with van der Waals surface area (Å²) in [5, 5.41) is 12.8. The molecule has 0 atom stereocenters. The van der Waals surface area contributed by atoms with Gasteiger partial charge in [-0.05, 0) is 26.3 Å². The summed E-state index contributed by atoms with van der Waals surface area (Å²) in [6.45, 7) is 5.59. The van der Waals surface area contributed by atoms with Crippen molar-refractivity contribution >= 4 is 17.2 Å². The van der Waals surface area contributed by atoms with Gasteiger partial charge in [-0.25, -0.2) is 0 Å². The van der Waals surface area contributed by atoms with Crippen molar-refractivity contribution in [3.63, 3.8) is 0 Å². The van der Waals surface area contributed by atoms with E-state index < -0.39 is 0 Å². The van der Waals surface area contributed by atoms with Gasteiger partial charge in [0.2, 0.25) is 0 Å². The number of nitrogens with zero attached hydrogens (tertiary/aromatic N) is 4. The van der Waals surface area contributed by atoms with Crippen molar-refractivity contribution in [2.45, 2.75) is 20.8 Å². The number of aromatic nitrogens is 5. The molecule has 20 heavy (non-hydrogen) atoms. The second-order valence-electron chi connectivity index (χ2n) is 4.69. The molecule has 0 bridgehead atoms. The highest BCUT2D eigenvalue weighted by Gasteiger charge is 2.16. The van der Waals surface area contributed by atoms with E-state index in [2.05, 4.69) is 20.3 Å². The Hall–Kier alpha value is -2.21. The van der Waals surface area contributed by atoms with E-state index in [9.17, 15) is 4.79 Å². The maximum Gasteiger partial charge on any atom is 0.192 e. The zero-order valence-corrected chi connectivity index (χ0v) is 12.0. The van der Waals surface area contributed by atoms with Crippen molar-refractivity contribution in [3.8, 4) is 11.4 Å². The first-order valence-corrected chi connectivity index (χ1v) is 6.44. The molecule has 6 nitrogen and oxygen atoms in total. The number of pyridine rings is 1. The molecule has 0 saturated heterocycles. The minimum atomic E-state index is -0.133. The van der Waals surface area contributed by atoms with Gasteiger partial charge in [0.15, 0.2) is 22.1 Å². The minimum Gasteiger partial charge on any atom is -0.364 e. The number of hydrogen-bond acceptors (Lipinski definition) is 4. The largest absolute Gasteiger partial charge is 0.364 e. The smallest absolute Gasteiger partial charge is 0.192 e. The van der Waals surface area contributed by atoms with Crippen LogP contribution in [0.15, 0.2) is 17.1 Å². The molecule has 1 N–H and O–H groups in total. The fourth-order valence-corrected chi connectivity index (χ4v) is 2.23. The summed E-state index contributed by atoms with van der Waals surface area (Å²) in [5.41, 5.74) is 3.41. The molecule has 0 spiro atoms. The summed E-state index contributed by atoms with van der Waals surface area (Å²) in [6, 6.07) is 1.51. The number of fused-ring (bicyclic) bond motifs is 1. The lowest BCUT2D eigenvalue weighted by atomic mass is 10.2. The first-order chi connectivity index (χ1) is 9.49. The highest BCUT2D eigenvalue weighted by atomic mass is 35.5. The van der Waals surface area contributed by atoms with E-state index in [4.69, 9.17) is 11.6 Å². The molecule has 0 amide bonds. The van der Waals surface area contributed by atoms with Crippen LogP contribution in [0.25, 0.3) is 17.0 Å². The Morgan fingerprint density at radius 2 is 1.95 bits per heavy atom. The molecule has 3 aromatic heterocycles. The lowest BCUT2D eigenvalue weighted by Gasteiger charge is -2.05. The number of halogens is 1. The Balaban J connectivity index is 2.36. The zero-order valence-electron chi connectivity index (χ0n) is 11.2. The monoisotopic (exact) mass is 289 g/mol. The molecule has 0 aliphatic carbocycles. The van der Waals surface area contributed by atoms with E-state index >= 15 is 0 Å². The SMILES string of the molecule is Cc1cc(=O)c(-c2nnc3c(C)c(C)c(Cl)nn23)c[nH]1. The average Bonchev–Trinajstić information content (AvgIpc) is 2.80. The summed E-state index contributed by atoms with van der Waals surface area (Å²) in [7, 11) is 0. The maximum absolute atomic E-state index is 12.1. The average molecular weight is 290 g/mol. The number of aryl methyl sites for hydroxylation is 2. The van der Waals surface area contributed by atoms with Gasteiger partial charge in [-0.15, -0.1) is 10.2 Å². The van der Waals surface area contributed by atoms with Crippen LogP contribution in [-0.2, 0) is 0 Å². The maximum atomic E-state index is 12.1. The summed E-state index contributed by atoms with van der Waals surface area (Å²) >= 11 is 6.10. The van der Waals surface area contributed by atoms with Crippen LogP contribution in [-0.4, -0.2) is 24.8 Å². The van der Waals surface area contributed by atoms with E-state index in [0.717, 1.165) is 16.8 Å². The van der Waals surface area contributed by atoms with Crippen molar-refractivity contribution in [2.75, 3.05) is 0 Å². The molecule has 3 aromatic rings. The van der Waals surface area contributed by atoms with Crippen molar-refractivity contribution in [1.29, 1.82) is 0 Å². The predicted octanol–water partition coefficient (Wildman–Crippen LogP) is 2.06. The quantitative estimate of drug-likeness (QED) is 0.744. The number of rotatable bonds is 1. The van der Waals surface area contributed by atoms with Crippen LogP contribution in [0.1, 0.15) is 16.8 Å². The molecule has 0 aliphatic rings. The number of hydrogen-bond donors (Lipinski definition) is 1. The topological polar surface area (TPSA) is 75.9 Å². The first kappa shape index (κ1) is 12.8. The molecule has 0 aliphatic heterocycles. The third-order valence-electron chi connectivity index (χ3n) is 3.33. The number of H-pyrrole nitrogens is 1. The van der Waals surface area contributed by atoms with Gasteiger partial charge in [0.05, 0.1) is 5.56 Å². The Bertz CT molecular complexity index is 880. The summed E-state index contributed by atoms with van der Waals surface area (Å²) in [5.74, 6) is 0.381. The Morgan fingerprint density at radius 3 is 2.65 bits per heavy atom. The van der Waals surface area contributed by atoms with Gasteiger partial charge in [0.25, 0.3) is 0 Å². The molecule has 0 aromatic carbocycles. The number of nitrogens with one attached hydrogen (secondary N) is 1. The van der Waals surface area contributed by atoms with Crippen molar-refractivity contribution < 1.29 is 0 Å². The van der Waals surface area contributed by atoms with E-state index in [-0.39, 0.29) is 5.43 Å². The molecule has 102 valence electrons. The standard InChI is InChI=1S/C13H12ClN5O/c1-6-4-10(20)9(5-15-6)13-17-16-12-8(3)7(2)11(14)18-19(12)13/h4-5H,1-3H3,(H,15,20). The third-order valence-corrected chi connectivity index (χ3v) is 3.69. The van der Waals surface area contributed by atoms with E-state index in [1.165, 1.54) is 10.6 Å². The Kier molecular flexibility index (Phi) is 2.83. The van der Waals surface area contributed by atoms with Crippen LogP contribution in [0.3, 0.4) is 0 Å². The summed E-state index contributed by atoms with van der Waals surface area (Å²) < 4.78 is 1.50. The second kappa shape index (κ2) is 4.42. The van der Waals surface area contributed by atoms with Gasteiger partial charge < -0.3 is 4.98 Å². The molecule has 3 heterocycles. The van der Waals surface area contributed by atoms with Gasteiger partial charge >= 0.3 is 0 Å². The van der Waals surface area contributed by atoms with Crippen molar-refractivity contribution in [3.05, 3.63) is 44.5 Å². The lowest BCUT2D eigenvalue weighted by molar-refractivity contribution is 0.916. The summed E-state index contributed by atoms with van der Waals surface area (Å²) in [6.07, 6.45) is 1.61. The van der Waals surface area contributed by atoms with Crippen LogP contribution in [0, 0.1) is 20.8 Å². The van der Waals surface area contributed by atoms with Crippen LogP contribution in [0.4, 0.5) is 0 Å². The molecular formula is C13H12ClN5O. The lowest BCUT2D eigenvalue weighted by Crippen LogP contribution is -2.09. The highest BCUT2D eigenvalue weighted by molar-refractivity contribution is 6.30. The molecule has 7 heteroatoms. The fourth-order valence-electron chi connectivity index (χ4n) is 2.01. The van der Waals surface area contributed by atoms with Crippen LogP contribution in [0.5, 0.6) is 0 Å². The predicted molar refractivity (Wildman–Crippen MR) is 76.1 cm³/mol. The molecule has 3 rings (SSSR count). The molecular weight excluding hydrogens is 278 g/mol. The van der Waals surface area contributed by atoms with Gasteiger partial charge in [-0.2, -0.15) is 9.61 Å². The first-order valence-electron chi connectivity index (χ1n) is 6.07. The van der Waals surface area contributed by atoms with E-state index in [1.54, 1.807) is 6.20 Å². The Labute approximate surface area is 119 Å². The summed E-state index contributed by atoms with van der Waals surface area (Å²) in [4.78, 5) is 15.0. The molecule has 0 fully saturated rings. The van der Waals surface area contributed by atoms with Gasteiger partial charge in [-0.3, -0.25) is 4.79 Å². The normalized spacial score (nSPS) is 11.2. The van der Waals surface area contributed by atoms with E-state index in [0.29, 0.717) is 22.2 Å². The Morgan fingerprint density at radius 1 is 1.20 bits per heavy atom. The van der Waals surface area contributed by atoms with Crippen molar-refractivity contribution in [1.82, 2.24) is 24.8 Å². The zero-order chi connectivity index (χ0) is 14.4. The van der Waals surface area contributed by atoms with Crippen LogP contribution >= 0.6 is 11.6 Å². The molecule has 0 unspecified atom stereocenters. The highest BCUT2D eigenvalue weighted by Crippen LogP contribution is 2.22. The van der Waals surface area contributed by atoms with Gasteiger partial charge in [0, 0.05) is 23.5 Å². The van der Waals surface area contributed by atoms with Gasteiger partial charge in [0.1, 0.15) is 0 Å². The fraction of sp³-hybridized carbons (Fsp3) is 0.231. The minimum absolute atomic E-state index is 0.133. The second-order valence-corrected chi connectivity index (χ2v) is 5.05. The number of aromatic amines is 1. The van der Waals surface area contributed by atoms with Crippen molar-refractivity contribution in [2.24, 2.45) is 0 Å². The van der Waals surface area contributed by atoms with E-state index in [1.807, 2.05) is 20.8 Å². The van der Waals surface area contributed by atoms with Gasteiger partial charge in [-0.1, -0.05) is 11.6 Å².